The first-order valence-corrected chi connectivity index (χ1v) is 27.1. The fourth-order valence-corrected chi connectivity index (χ4v) is 7.39. The molecule has 5 heteroatoms. The van der Waals surface area contributed by atoms with Crippen LogP contribution in [-0.4, -0.2) is 37.9 Å². The monoisotopic (exact) mass is 891 g/mol. The zero-order chi connectivity index (χ0) is 46.3. The van der Waals surface area contributed by atoms with Crippen LogP contribution in [0.2, 0.25) is 0 Å². The van der Waals surface area contributed by atoms with Crippen molar-refractivity contribution < 1.29 is 23.8 Å². The minimum atomic E-state index is -0.550. The van der Waals surface area contributed by atoms with Crippen molar-refractivity contribution in [3.63, 3.8) is 0 Å². The molecular weight excluding hydrogens is 789 g/mol. The van der Waals surface area contributed by atoms with Crippen molar-refractivity contribution in [2.24, 2.45) is 0 Å². The molecule has 0 radical (unpaired) electrons. The van der Waals surface area contributed by atoms with Crippen LogP contribution in [0.3, 0.4) is 0 Å². The second-order valence-electron chi connectivity index (χ2n) is 17.8. The quantitative estimate of drug-likeness (QED) is 0.0346. The molecular formula is C59H102O5. The van der Waals surface area contributed by atoms with E-state index >= 15 is 0 Å². The van der Waals surface area contributed by atoms with Gasteiger partial charge in [-0.25, -0.2) is 0 Å². The first-order valence-electron chi connectivity index (χ1n) is 27.1. The van der Waals surface area contributed by atoms with Crippen LogP contribution in [0.25, 0.3) is 0 Å². The molecule has 0 saturated heterocycles. The van der Waals surface area contributed by atoms with Gasteiger partial charge in [0.15, 0.2) is 6.10 Å². The van der Waals surface area contributed by atoms with Gasteiger partial charge < -0.3 is 14.2 Å². The second kappa shape index (κ2) is 54.4. The molecule has 0 aromatic rings. The van der Waals surface area contributed by atoms with E-state index in [1.807, 2.05) is 0 Å². The van der Waals surface area contributed by atoms with Crippen molar-refractivity contribution in [1.29, 1.82) is 0 Å². The van der Waals surface area contributed by atoms with Crippen molar-refractivity contribution in [3.8, 4) is 0 Å². The number of allylic oxidation sites excluding steroid dienone is 14. The minimum Gasteiger partial charge on any atom is -0.462 e. The summed E-state index contributed by atoms with van der Waals surface area (Å²) in [5.74, 6) is -0.424. The number of carbonyl (C=O) groups is 2. The lowest BCUT2D eigenvalue weighted by molar-refractivity contribution is -0.163. The van der Waals surface area contributed by atoms with Gasteiger partial charge in [-0.05, 0) is 96.3 Å². The highest BCUT2D eigenvalue weighted by atomic mass is 16.6. The van der Waals surface area contributed by atoms with Crippen molar-refractivity contribution in [2.45, 2.75) is 258 Å². The first kappa shape index (κ1) is 61.1. The van der Waals surface area contributed by atoms with Gasteiger partial charge in [0.1, 0.15) is 6.61 Å². The van der Waals surface area contributed by atoms with E-state index in [9.17, 15) is 9.59 Å². The number of unbranched alkanes of at least 4 members (excludes halogenated alkanes) is 24. The number of ether oxygens (including phenoxy) is 3. The zero-order valence-corrected chi connectivity index (χ0v) is 42.3. The fraction of sp³-hybridized carbons (Fsp3) is 0.729. The summed E-state index contributed by atoms with van der Waals surface area (Å²) in [6, 6.07) is 0. The smallest absolute Gasteiger partial charge is 0.306 e. The van der Waals surface area contributed by atoms with Gasteiger partial charge in [0.2, 0.25) is 0 Å². The van der Waals surface area contributed by atoms with E-state index in [1.54, 1.807) is 0 Å². The summed E-state index contributed by atoms with van der Waals surface area (Å²) in [6.45, 7) is 7.67. The van der Waals surface area contributed by atoms with Gasteiger partial charge in [0.05, 0.1) is 6.61 Å². The standard InChI is InChI=1S/C59H102O5/c1-4-7-10-13-16-19-22-24-26-28-30-32-34-36-38-40-43-46-49-52-58(60)63-56-57(55-62-54-51-48-45-42-21-18-15-12-9-6-3)64-59(61)53-50-47-44-41-39-37-35-33-31-29-27-25-23-20-17-14-11-8-5-2/h7,10,16-17,19-20,24-27,30-33,57H,4-6,8-9,11-15,18,21-23,28-29,34-56H2,1-3H3/b10-7-,19-16-,20-17-,26-24-,27-25-,32-30-,33-31-. The van der Waals surface area contributed by atoms with E-state index in [2.05, 4.69) is 106 Å². The highest BCUT2D eigenvalue weighted by molar-refractivity contribution is 5.70. The molecule has 0 amide bonds. The molecule has 0 rings (SSSR count). The molecule has 0 N–H and O–H groups in total. The van der Waals surface area contributed by atoms with E-state index < -0.39 is 6.10 Å². The third-order valence-corrected chi connectivity index (χ3v) is 11.4. The molecule has 0 aliphatic rings. The molecule has 1 atom stereocenters. The van der Waals surface area contributed by atoms with Gasteiger partial charge in [-0.3, -0.25) is 9.59 Å². The first-order chi connectivity index (χ1) is 31.6. The Bertz CT molecular complexity index is 1190. The molecule has 0 bridgehead atoms. The van der Waals surface area contributed by atoms with E-state index in [0.29, 0.717) is 19.4 Å². The number of rotatable bonds is 49. The Morgan fingerprint density at radius 3 is 1.16 bits per heavy atom. The lowest BCUT2D eigenvalue weighted by atomic mass is 10.1. The van der Waals surface area contributed by atoms with Crippen LogP contribution in [0.4, 0.5) is 0 Å². The van der Waals surface area contributed by atoms with Crippen LogP contribution in [0, 0.1) is 0 Å². The van der Waals surface area contributed by atoms with Crippen LogP contribution in [0.15, 0.2) is 85.1 Å². The summed E-state index contributed by atoms with van der Waals surface area (Å²) in [7, 11) is 0. The SMILES string of the molecule is CC/C=C\C/C=C\C/C=C\C/C=C\CCCCCCCCC(=O)OCC(COCCCCCCCCCCCC)OC(=O)CCCCCCCC/C=C\C/C=C\C/C=C\CCCCC. The maximum absolute atomic E-state index is 12.8. The molecule has 0 heterocycles. The molecule has 0 aliphatic carbocycles. The van der Waals surface area contributed by atoms with Gasteiger partial charge >= 0.3 is 11.9 Å². The Hall–Kier alpha value is -2.92. The summed E-state index contributed by atoms with van der Waals surface area (Å²) in [5, 5.41) is 0. The molecule has 0 fully saturated rings. The molecule has 1 unspecified atom stereocenters. The Morgan fingerprint density at radius 2 is 0.703 bits per heavy atom. The largest absolute Gasteiger partial charge is 0.462 e. The Kier molecular flexibility index (Phi) is 51.9. The Labute approximate surface area is 397 Å². The topological polar surface area (TPSA) is 61.8 Å². The molecule has 64 heavy (non-hydrogen) atoms. The molecule has 5 nitrogen and oxygen atoms in total. The van der Waals surface area contributed by atoms with Crippen LogP contribution in [0.1, 0.15) is 252 Å². The van der Waals surface area contributed by atoms with E-state index in [4.69, 9.17) is 14.2 Å². The average Bonchev–Trinajstić information content (AvgIpc) is 3.30. The van der Waals surface area contributed by atoms with E-state index in [1.165, 1.54) is 116 Å². The van der Waals surface area contributed by atoms with Gasteiger partial charge in [0, 0.05) is 19.4 Å². The number of hydrogen-bond acceptors (Lipinski definition) is 5. The van der Waals surface area contributed by atoms with Crippen molar-refractivity contribution in [3.05, 3.63) is 85.1 Å². The third kappa shape index (κ3) is 51.7. The van der Waals surface area contributed by atoms with Gasteiger partial charge in [-0.1, -0.05) is 228 Å². The van der Waals surface area contributed by atoms with Crippen LogP contribution in [0.5, 0.6) is 0 Å². The van der Waals surface area contributed by atoms with E-state index in [0.717, 1.165) is 103 Å². The van der Waals surface area contributed by atoms with Crippen molar-refractivity contribution in [1.82, 2.24) is 0 Å². The number of esters is 2. The normalized spacial score (nSPS) is 12.9. The maximum atomic E-state index is 12.8. The second-order valence-corrected chi connectivity index (χ2v) is 17.8. The Balaban J connectivity index is 4.26. The van der Waals surface area contributed by atoms with Crippen LogP contribution < -0.4 is 0 Å². The number of hydrogen-bond donors (Lipinski definition) is 0. The summed E-state index contributed by atoms with van der Waals surface area (Å²) in [5.41, 5.74) is 0. The molecule has 368 valence electrons. The fourth-order valence-electron chi connectivity index (χ4n) is 7.39. The highest BCUT2D eigenvalue weighted by Crippen LogP contribution is 2.14. The molecule has 0 aromatic carbocycles. The summed E-state index contributed by atoms with van der Waals surface area (Å²) >= 11 is 0. The lowest BCUT2D eigenvalue weighted by Gasteiger charge is -2.18. The van der Waals surface area contributed by atoms with E-state index in [-0.39, 0.29) is 25.2 Å². The average molecular weight is 891 g/mol. The molecule has 0 saturated carbocycles. The third-order valence-electron chi connectivity index (χ3n) is 11.4. The minimum absolute atomic E-state index is 0.0706. The van der Waals surface area contributed by atoms with Crippen LogP contribution >= 0.6 is 0 Å². The van der Waals surface area contributed by atoms with Gasteiger partial charge in [0.25, 0.3) is 0 Å². The molecule has 0 aliphatic heterocycles. The van der Waals surface area contributed by atoms with Gasteiger partial charge in [-0.2, -0.15) is 0 Å². The van der Waals surface area contributed by atoms with Crippen LogP contribution in [-0.2, 0) is 23.8 Å². The maximum Gasteiger partial charge on any atom is 0.306 e. The predicted octanol–water partition coefficient (Wildman–Crippen LogP) is 18.5. The molecule has 0 spiro atoms. The summed E-state index contributed by atoms with van der Waals surface area (Å²) < 4.78 is 17.4. The summed E-state index contributed by atoms with van der Waals surface area (Å²) in [4.78, 5) is 25.4. The van der Waals surface area contributed by atoms with Gasteiger partial charge in [-0.15, -0.1) is 0 Å². The number of carbonyl (C=O) groups excluding carboxylic acids is 2. The lowest BCUT2D eigenvalue weighted by Crippen LogP contribution is -2.30. The Morgan fingerprint density at radius 1 is 0.359 bits per heavy atom. The van der Waals surface area contributed by atoms with Crippen molar-refractivity contribution in [2.75, 3.05) is 19.8 Å². The summed E-state index contributed by atoms with van der Waals surface area (Å²) in [6.07, 6.45) is 71.6. The molecule has 0 aromatic heterocycles. The zero-order valence-electron chi connectivity index (χ0n) is 42.3. The highest BCUT2D eigenvalue weighted by Gasteiger charge is 2.17. The predicted molar refractivity (Wildman–Crippen MR) is 279 cm³/mol. The van der Waals surface area contributed by atoms with Crippen molar-refractivity contribution >= 4 is 11.9 Å².